The molecule has 7 heteroatoms. The minimum atomic E-state index is -3.83. The maximum atomic E-state index is 11.5. The molecule has 0 aliphatic rings. The fourth-order valence-electron chi connectivity index (χ4n) is 1.86. The minimum absolute atomic E-state index is 0.0506. The van der Waals surface area contributed by atoms with Gasteiger partial charge in [0.15, 0.2) is 0 Å². The topological polar surface area (TPSA) is 103 Å². The molecule has 2 rings (SSSR count). The zero-order valence-electron chi connectivity index (χ0n) is 10.2. The van der Waals surface area contributed by atoms with Crippen molar-refractivity contribution in [2.45, 2.75) is 4.90 Å². The number of amides is 1. The van der Waals surface area contributed by atoms with Gasteiger partial charge in [0.25, 0.3) is 5.91 Å². The van der Waals surface area contributed by atoms with Crippen molar-refractivity contribution in [3.63, 3.8) is 0 Å². The molecule has 0 unspecified atom stereocenters. The molecule has 4 N–H and O–H groups in total. The van der Waals surface area contributed by atoms with Gasteiger partial charge in [-0.1, -0.05) is 35.9 Å². The van der Waals surface area contributed by atoms with Crippen LogP contribution in [0.2, 0.25) is 5.02 Å². The van der Waals surface area contributed by atoms with Crippen LogP contribution in [-0.2, 0) is 10.0 Å². The Kier molecular flexibility index (Phi) is 3.80. The number of halogens is 1. The Morgan fingerprint density at radius 3 is 2.35 bits per heavy atom. The molecule has 2 aromatic carbocycles. The van der Waals surface area contributed by atoms with Gasteiger partial charge in [-0.2, -0.15) is 0 Å². The molecule has 0 radical (unpaired) electrons. The molecule has 0 saturated heterocycles. The van der Waals surface area contributed by atoms with Crippen molar-refractivity contribution in [2.75, 3.05) is 0 Å². The number of rotatable bonds is 3. The number of primary amides is 1. The fraction of sp³-hybridized carbons (Fsp3) is 0. The normalized spacial score (nSPS) is 11.3. The maximum Gasteiger partial charge on any atom is 0.250 e. The van der Waals surface area contributed by atoms with Gasteiger partial charge in [0.1, 0.15) is 0 Å². The molecule has 0 aliphatic heterocycles. The Balaban J connectivity index is 2.70. The lowest BCUT2D eigenvalue weighted by Gasteiger charge is -2.09. The Hall–Kier alpha value is -1.89. The third-order valence-electron chi connectivity index (χ3n) is 2.73. The van der Waals surface area contributed by atoms with Crippen molar-refractivity contribution < 1.29 is 13.2 Å². The largest absolute Gasteiger partial charge is 0.366 e. The number of carbonyl (C=O) groups excluding carboxylic acids is 1. The van der Waals surface area contributed by atoms with E-state index in [0.29, 0.717) is 11.1 Å². The number of primary sulfonamides is 1. The van der Waals surface area contributed by atoms with Crippen molar-refractivity contribution in [3.05, 3.63) is 53.1 Å². The first-order valence-electron chi connectivity index (χ1n) is 5.52. The highest BCUT2D eigenvalue weighted by Gasteiger charge is 2.15. The SMILES string of the molecule is NC(=O)c1c(Cl)cccc1-c1cccc(S(N)(=O)=O)c1. The lowest BCUT2D eigenvalue weighted by atomic mass is 9.99. The summed E-state index contributed by atoms with van der Waals surface area (Å²) >= 11 is 5.96. The van der Waals surface area contributed by atoms with Crippen LogP contribution in [0.1, 0.15) is 10.4 Å². The third kappa shape index (κ3) is 2.82. The molecule has 5 nitrogen and oxygen atoms in total. The zero-order valence-corrected chi connectivity index (χ0v) is 11.8. The maximum absolute atomic E-state index is 11.5. The molecule has 0 aromatic heterocycles. The average Bonchev–Trinajstić information content (AvgIpc) is 2.37. The summed E-state index contributed by atoms with van der Waals surface area (Å²) in [5.74, 6) is -0.688. The Bertz CT molecular complexity index is 788. The highest BCUT2D eigenvalue weighted by Crippen LogP contribution is 2.29. The third-order valence-corrected chi connectivity index (χ3v) is 3.96. The second kappa shape index (κ2) is 5.24. The minimum Gasteiger partial charge on any atom is -0.366 e. The summed E-state index contributed by atoms with van der Waals surface area (Å²) in [7, 11) is -3.83. The van der Waals surface area contributed by atoms with E-state index in [1.165, 1.54) is 24.3 Å². The molecule has 0 atom stereocenters. The Labute approximate surface area is 121 Å². The fourth-order valence-corrected chi connectivity index (χ4v) is 2.68. The highest BCUT2D eigenvalue weighted by atomic mass is 35.5. The first-order chi connectivity index (χ1) is 9.30. The molecule has 1 amide bonds. The van der Waals surface area contributed by atoms with Gasteiger partial charge in [-0.15, -0.1) is 0 Å². The molecular weight excluding hydrogens is 300 g/mol. The molecule has 0 aliphatic carbocycles. The van der Waals surface area contributed by atoms with Gasteiger partial charge in [-0.3, -0.25) is 4.79 Å². The smallest absolute Gasteiger partial charge is 0.250 e. The lowest BCUT2D eigenvalue weighted by Crippen LogP contribution is -2.14. The Morgan fingerprint density at radius 1 is 1.10 bits per heavy atom. The molecule has 0 fully saturated rings. The Morgan fingerprint density at radius 2 is 1.75 bits per heavy atom. The van der Waals surface area contributed by atoms with E-state index in [1.54, 1.807) is 18.2 Å². The highest BCUT2D eigenvalue weighted by molar-refractivity contribution is 7.89. The summed E-state index contributed by atoms with van der Waals surface area (Å²) < 4.78 is 22.7. The number of nitrogens with two attached hydrogens (primary N) is 2. The van der Waals surface area contributed by atoms with E-state index in [0.717, 1.165) is 0 Å². The molecule has 2 aromatic rings. The summed E-state index contributed by atoms with van der Waals surface area (Å²) in [6.07, 6.45) is 0. The summed E-state index contributed by atoms with van der Waals surface area (Å²) in [4.78, 5) is 11.4. The second-order valence-corrected chi connectivity index (χ2v) is 6.07. The number of hydrogen-bond acceptors (Lipinski definition) is 3. The summed E-state index contributed by atoms with van der Waals surface area (Å²) in [5, 5.41) is 5.29. The van der Waals surface area contributed by atoms with Crippen LogP contribution in [0, 0.1) is 0 Å². The summed E-state index contributed by atoms with van der Waals surface area (Å²) in [6.45, 7) is 0. The van der Waals surface area contributed by atoms with E-state index in [9.17, 15) is 13.2 Å². The number of sulfonamides is 1. The number of hydrogen-bond donors (Lipinski definition) is 2. The van der Waals surface area contributed by atoms with Crippen LogP contribution < -0.4 is 10.9 Å². The quantitative estimate of drug-likeness (QED) is 0.902. The van der Waals surface area contributed by atoms with Crippen LogP contribution in [0.5, 0.6) is 0 Å². The molecule has 0 heterocycles. The molecule has 104 valence electrons. The van der Waals surface area contributed by atoms with E-state index in [-0.39, 0.29) is 15.5 Å². The average molecular weight is 311 g/mol. The zero-order chi connectivity index (χ0) is 14.9. The van der Waals surface area contributed by atoms with Gasteiger partial charge in [-0.05, 0) is 29.3 Å². The molecule has 0 spiro atoms. The van der Waals surface area contributed by atoms with Gasteiger partial charge in [0.2, 0.25) is 10.0 Å². The van der Waals surface area contributed by atoms with Crippen LogP contribution >= 0.6 is 11.6 Å². The van der Waals surface area contributed by atoms with E-state index >= 15 is 0 Å². The molecule has 0 bridgehead atoms. The van der Waals surface area contributed by atoms with Crippen LogP contribution in [0.3, 0.4) is 0 Å². The van der Waals surface area contributed by atoms with Gasteiger partial charge < -0.3 is 5.73 Å². The van der Waals surface area contributed by atoms with Crippen LogP contribution in [0.15, 0.2) is 47.4 Å². The van der Waals surface area contributed by atoms with Crippen LogP contribution in [0.4, 0.5) is 0 Å². The van der Waals surface area contributed by atoms with Gasteiger partial charge >= 0.3 is 0 Å². The van der Waals surface area contributed by atoms with Crippen LogP contribution in [-0.4, -0.2) is 14.3 Å². The van der Waals surface area contributed by atoms with Crippen molar-refractivity contribution >= 4 is 27.5 Å². The predicted molar refractivity (Wildman–Crippen MR) is 76.8 cm³/mol. The van der Waals surface area contributed by atoms with Crippen molar-refractivity contribution in [1.29, 1.82) is 0 Å². The van der Waals surface area contributed by atoms with E-state index in [1.807, 2.05) is 0 Å². The second-order valence-electron chi connectivity index (χ2n) is 4.10. The van der Waals surface area contributed by atoms with Crippen molar-refractivity contribution in [2.24, 2.45) is 10.9 Å². The van der Waals surface area contributed by atoms with Crippen molar-refractivity contribution in [1.82, 2.24) is 0 Å². The molecular formula is C13H11ClN2O3S. The number of carbonyl (C=O) groups is 1. The van der Waals surface area contributed by atoms with E-state index in [2.05, 4.69) is 0 Å². The first-order valence-corrected chi connectivity index (χ1v) is 7.44. The number of benzene rings is 2. The van der Waals surface area contributed by atoms with Gasteiger partial charge in [0.05, 0.1) is 15.5 Å². The summed E-state index contributed by atoms with van der Waals surface area (Å²) in [5.41, 5.74) is 6.40. The lowest BCUT2D eigenvalue weighted by molar-refractivity contribution is 0.100. The standard InChI is InChI=1S/C13H11ClN2O3S/c14-11-6-2-5-10(12(11)13(15)17)8-3-1-4-9(7-8)20(16,18)19/h1-7H,(H2,15,17)(H2,16,18,19). The van der Waals surface area contributed by atoms with Gasteiger partial charge in [-0.25, -0.2) is 13.6 Å². The van der Waals surface area contributed by atoms with E-state index in [4.69, 9.17) is 22.5 Å². The molecule has 20 heavy (non-hydrogen) atoms. The van der Waals surface area contributed by atoms with E-state index < -0.39 is 15.9 Å². The van der Waals surface area contributed by atoms with Crippen LogP contribution in [0.25, 0.3) is 11.1 Å². The van der Waals surface area contributed by atoms with Gasteiger partial charge in [0, 0.05) is 0 Å². The monoisotopic (exact) mass is 310 g/mol. The predicted octanol–water partition coefficient (Wildman–Crippen LogP) is 1.75. The van der Waals surface area contributed by atoms with Crippen molar-refractivity contribution in [3.8, 4) is 11.1 Å². The molecule has 0 saturated carbocycles. The summed E-state index contributed by atoms with van der Waals surface area (Å²) in [6, 6.07) is 10.7. The first kappa shape index (κ1) is 14.5.